The zero-order valence-corrected chi connectivity index (χ0v) is 17.6. The third kappa shape index (κ3) is 3.66. The van der Waals surface area contributed by atoms with Gasteiger partial charge in [-0.1, -0.05) is 0 Å². The standard InChI is InChI=1S/C21H21FN8O/c1-11-13-7-12(22)5-6-14(13)26-18(29(2)3)8-15-19(17(9-23)30(4)28-15)16-10-25-20(24)21(27-16)31-11/h5-7,10-11H,8H2,1-4H3,(H2,24,25)/t11-/m1/s1. The molecule has 2 aromatic heterocycles. The van der Waals surface area contributed by atoms with Crippen molar-refractivity contribution in [3.63, 3.8) is 0 Å². The smallest absolute Gasteiger partial charge is 0.258 e. The van der Waals surface area contributed by atoms with E-state index in [0.29, 0.717) is 46.2 Å². The Balaban J connectivity index is 2.03. The number of aryl methyl sites for hydroxylation is 1. The van der Waals surface area contributed by atoms with Crippen molar-refractivity contribution >= 4 is 17.3 Å². The Morgan fingerprint density at radius 1 is 1.35 bits per heavy atom. The summed E-state index contributed by atoms with van der Waals surface area (Å²) in [6.45, 7) is 1.76. The van der Waals surface area contributed by atoms with Gasteiger partial charge in [0.15, 0.2) is 5.82 Å². The van der Waals surface area contributed by atoms with Gasteiger partial charge in [0.1, 0.15) is 29.5 Å². The third-order valence-electron chi connectivity index (χ3n) is 5.06. The number of hydrogen-bond acceptors (Lipinski definition) is 8. The van der Waals surface area contributed by atoms with Gasteiger partial charge in [0.05, 0.1) is 35.3 Å². The highest BCUT2D eigenvalue weighted by Gasteiger charge is 2.25. The average Bonchev–Trinajstić information content (AvgIpc) is 3.04. The average molecular weight is 420 g/mol. The largest absolute Gasteiger partial charge is 0.467 e. The van der Waals surface area contributed by atoms with Crippen molar-refractivity contribution in [3.05, 3.63) is 47.2 Å². The Labute approximate surface area is 178 Å². The van der Waals surface area contributed by atoms with E-state index in [9.17, 15) is 9.65 Å². The molecule has 1 aliphatic rings. The number of halogens is 1. The predicted molar refractivity (Wildman–Crippen MR) is 113 cm³/mol. The van der Waals surface area contributed by atoms with Gasteiger partial charge in [-0.25, -0.2) is 19.4 Å². The van der Waals surface area contributed by atoms with Crippen LogP contribution in [0.5, 0.6) is 5.88 Å². The summed E-state index contributed by atoms with van der Waals surface area (Å²) >= 11 is 0. The van der Waals surface area contributed by atoms with Gasteiger partial charge in [0, 0.05) is 26.7 Å². The fourth-order valence-electron chi connectivity index (χ4n) is 3.46. The first-order valence-corrected chi connectivity index (χ1v) is 9.58. The van der Waals surface area contributed by atoms with Crippen molar-refractivity contribution in [2.24, 2.45) is 12.0 Å². The number of fused-ring (bicyclic) bond motifs is 5. The lowest BCUT2D eigenvalue weighted by molar-refractivity contribution is 0.218. The molecule has 0 amide bonds. The number of aliphatic imine (C=N–C) groups is 1. The first-order chi connectivity index (χ1) is 14.8. The molecule has 2 bridgehead atoms. The van der Waals surface area contributed by atoms with Crippen molar-refractivity contribution in [1.82, 2.24) is 24.6 Å². The molecule has 0 aliphatic carbocycles. The molecule has 1 aromatic carbocycles. The molecule has 1 atom stereocenters. The lowest BCUT2D eigenvalue weighted by atomic mass is 10.1. The van der Waals surface area contributed by atoms with Gasteiger partial charge in [-0.05, 0) is 25.1 Å². The highest BCUT2D eigenvalue weighted by molar-refractivity contribution is 5.88. The van der Waals surface area contributed by atoms with Gasteiger partial charge in [-0.2, -0.15) is 10.4 Å². The second-order valence-corrected chi connectivity index (χ2v) is 7.41. The minimum atomic E-state index is -0.604. The van der Waals surface area contributed by atoms with Gasteiger partial charge in [-0.15, -0.1) is 0 Å². The van der Waals surface area contributed by atoms with Crippen LogP contribution in [0.3, 0.4) is 0 Å². The maximum absolute atomic E-state index is 14.1. The molecule has 0 saturated carbocycles. The monoisotopic (exact) mass is 420 g/mol. The van der Waals surface area contributed by atoms with E-state index < -0.39 is 11.9 Å². The van der Waals surface area contributed by atoms with Gasteiger partial charge < -0.3 is 15.4 Å². The van der Waals surface area contributed by atoms with Gasteiger partial charge >= 0.3 is 0 Å². The molecule has 3 heterocycles. The summed E-state index contributed by atoms with van der Waals surface area (Å²) in [7, 11) is 5.42. The number of aromatic nitrogens is 4. The van der Waals surface area contributed by atoms with Crippen LogP contribution >= 0.6 is 0 Å². The molecule has 9 nitrogen and oxygen atoms in total. The van der Waals surface area contributed by atoms with Crippen LogP contribution < -0.4 is 10.5 Å². The Morgan fingerprint density at radius 2 is 2.13 bits per heavy atom. The normalized spacial score (nSPS) is 15.4. The summed E-state index contributed by atoms with van der Waals surface area (Å²) in [6, 6.07) is 6.52. The Morgan fingerprint density at radius 3 is 2.84 bits per heavy atom. The SMILES string of the molecule is C[C@H]1Oc2nc(cnc2N)-c2c(nn(C)c2C#N)CC(N(C)C)=Nc2ccc(F)cc21. The number of nitriles is 1. The van der Waals surface area contributed by atoms with Crippen molar-refractivity contribution in [2.45, 2.75) is 19.4 Å². The molecule has 10 heteroatoms. The van der Waals surface area contributed by atoms with E-state index in [4.69, 9.17) is 15.5 Å². The van der Waals surface area contributed by atoms with E-state index in [0.717, 1.165) is 0 Å². The van der Waals surface area contributed by atoms with Crippen molar-refractivity contribution in [2.75, 3.05) is 19.8 Å². The van der Waals surface area contributed by atoms with Gasteiger partial charge in [0.25, 0.3) is 5.88 Å². The molecule has 0 spiro atoms. The summed E-state index contributed by atoms with van der Waals surface area (Å²) in [4.78, 5) is 15.4. The molecule has 1 aliphatic heterocycles. The van der Waals surface area contributed by atoms with Crippen LogP contribution in [0.4, 0.5) is 15.9 Å². The summed E-state index contributed by atoms with van der Waals surface area (Å²) in [5.41, 5.74) is 8.99. The number of likely N-dealkylation sites (N-methyl/N-ethyl adjacent to an activating group) is 1. The van der Waals surface area contributed by atoms with E-state index in [-0.39, 0.29) is 11.7 Å². The molecule has 2 N–H and O–H groups in total. The Bertz CT molecular complexity index is 1240. The molecule has 31 heavy (non-hydrogen) atoms. The summed E-state index contributed by atoms with van der Waals surface area (Å²) in [6.07, 6.45) is 1.21. The van der Waals surface area contributed by atoms with Gasteiger partial charge in [0.2, 0.25) is 0 Å². The van der Waals surface area contributed by atoms with E-state index in [2.05, 4.69) is 21.1 Å². The molecular weight excluding hydrogens is 399 g/mol. The fourth-order valence-corrected chi connectivity index (χ4v) is 3.46. The van der Waals surface area contributed by atoms with E-state index in [1.165, 1.54) is 23.0 Å². The second-order valence-electron chi connectivity index (χ2n) is 7.41. The molecule has 0 unspecified atom stereocenters. The lowest BCUT2D eigenvalue weighted by Crippen LogP contribution is -2.25. The summed E-state index contributed by atoms with van der Waals surface area (Å²) in [5.74, 6) is 0.456. The number of rotatable bonds is 0. The number of ether oxygens (including phenoxy) is 1. The van der Waals surface area contributed by atoms with Crippen LogP contribution in [0, 0.1) is 17.1 Å². The third-order valence-corrected chi connectivity index (χ3v) is 5.06. The number of nitrogens with zero attached hydrogens (tertiary/aromatic N) is 7. The van der Waals surface area contributed by atoms with Crippen LogP contribution in [0.2, 0.25) is 0 Å². The number of anilines is 1. The predicted octanol–water partition coefficient (Wildman–Crippen LogP) is 2.76. The second kappa shape index (κ2) is 7.68. The molecule has 0 saturated heterocycles. The number of benzene rings is 1. The topological polar surface area (TPSA) is 118 Å². The van der Waals surface area contributed by atoms with Crippen LogP contribution in [0.1, 0.15) is 30.0 Å². The maximum atomic E-state index is 14.1. The minimum Gasteiger partial charge on any atom is -0.467 e. The number of amidine groups is 1. The lowest BCUT2D eigenvalue weighted by Gasteiger charge is -2.21. The first kappa shape index (κ1) is 20.3. The Hall–Kier alpha value is -4.00. The maximum Gasteiger partial charge on any atom is 0.258 e. The van der Waals surface area contributed by atoms with Crippen molar-refractivity contribution < 1.29 is 9.13 Å². The highest BCUT2D eigenvalue weighted by atomic mass is 19.1. The molecule has 158 valence electrons. The first-order valence-electron chi connectivity index (χ1n) is 9.58. The molecular formula is C21H21FN8O. The fraction of sp³-hybridized carbons (Fsp3) is 0.286. The highest BCUT2D eigenvalue weighted by Crippen LogP contribution is 2.35. The molecule has 0 fully saturated rings. The van der Waals surface area contributed by atoms with Crippen molar-refractivity contribution in [1.29, 1.82) is 5.26 Å². The molecule has 4 rings (SSSR count). The quantitative estimate of drug-likeness (QED) is 0.594. The van der Waals surface area contributed by atoms with E-state index in [1.807, 2.05) is 19.0 Å². The number of hydrogen-bond donors (Lipinski definition) is 1. The minimum absolute atomic E-state index is 0.0899. The number of nitrogens with two attached hydrogens (primary N) is 1. The van der Waals surface area contributed by atoms with Crippen LogP contribution in [-0.2, 0) is 13.5 Å². The zero-order valence-electron chi connectivity index (χ0n) is 17.6. The zero-order chi connectivity index (χ0) is 22.3. The Kier molecular flexibility index (Phi) is 5.02. The molecule has 0 radical (unpaired) electrons. The van der Waals surface area contributed by atoms with Crippen LogP contribution in [0.25, 0.3) is 11.3 Å². The number of nitrogen functional groups attached to an aromatic ring is 1. The summed E-state index contributed by atoms with van der Waals surface area (Å²) in [5, 5.41) is 14.2. The summed E-state index contributed by atoms with van der Waals surface area (Å²) < 4.78 is 21.5. The van der Waals surface area contributed by atoms with E-state index in [1.54, 1.807) is 20.0 Å². The molecule has 3 aromatic rings. The van der Waals surface area contributed by atoms with Crippen molar-refractivity contribution in [3.8, 4) is 23.2 Å². The van der Waals surface area contributed by atoms with Crippen LogP contribution in [-0.4, -0.2) is 44.6 Å². The van der Waals surface area contributed by atoms with Crippen LogP contribution in [0.15, 0.2) is 29.4 Å². The van der Waals surface area contributed by atoms with E-state index >= 15 is 0 Å². The van der Waals surface area contributed by atoms with Gasteiger partial charge in [-0.3, -0.25) is 4.68 Å².